The molecular formula is C24H50O4Si2. The zero-order valence-electron chi connectivity index (χ0n) is 21.8. The average Bonchev–Trinajstić information content (AvgIpc) is 2.57. The van der Waals surface area contributed by atoms with Gasteiger partial charge in [-0.2, -0.15) is 0 Å². The molecule has 0 N–H and O–H groups in total. The van der Waals surface area contributed by atoms with Crippen molar-refractivity contribution in [3.05, 3.63) is 0 Å². The van der Waals surface area contributed by atoms with Crippen LogP contribution in [-0.4, -0.2) is 47.8 Å². The van der Waals surface area contributed by atoms with Crippen molar-refractivity contribution in [3.63, 3.8) is 0 Å². The van der Waals surface area contributed by atoms with Crippen molar-refractivity contribution in [2.45, 2.75) is 141 Å². The van der Waals surface area contributed by atoms with Gasteiger partial charge >= 0.3 is 0 Å². The molecule has 1 aliphatic heterocycles. The summed E-state index contributed by atoms with van der Waals surface area (Å²) in [4.78, 5) is 0. The summed E-state index contributed by atoms with van der Waals surface area (Å²) in [5, 5.41) is 0.394. The molecule has 5 atom stereocenters. The lowest BCUT2D eigenvalue weighted by Gasteiger charge is -2.49. The van der Waals surface area contributed by atoms with Gasteiger partial charge in [0.25, 0.3) is 0 Å². The van der Waals surface area contributed by atoms with Gasteiger partial charge in [0, 0.05) is 12.5 Å². The van der Waals surface area contributed by atoms with Crippen molar-refractivity contribution in [3.8, 4) is 0 Å². The molecule has 2 rings (SSSR count). The van der Waals surface area contributed by atoms with Crippen molar-refractivity contribution < 1.29 is 18.3 Å². The predicted molar refractivity (Wildman–Crippen MR) is 131 cm³/mol. The fraction of sp³-hybridized carbons (Fsp3) is 1.00. The van der Waals surface area contributed by atoms with Crippen LogP contribution in [0.5, 0.6) is 0 Å². The molecule has 1 saturated carbocycles. The fourth-order valence-electron chi connectivity index (χ4n) is 3.85. The third kappa shape index (κ3) is 6.64. The Morgan fingerprint density at radius 3 is 1.60 bits per heavy atom. The molecule has 30 heavy (non-hydrogen) atoms. The van der Waals surface area contributed by atoms with Gasteiger partial charge in [-0.1, -0.05) is 48.5 Å². The number of hydrogen-bond acceptors (Lipinski definition) is 4. The van der Waals surface area contributed by atoms with Crippen LogP contribution in [0.2, 0.25) is 36.3 Å². The second-order valence-corrected chi connectivity index (χ2v) is 22.2. The van der Waals surface area contributed by atoms with E-state index in [1.165, 1.54) is 6.42 Å². The van der Waals surface area contributed by atoms with E-state index >= 15 is 0 Å². The zero-order chi connectivity index (χ0) is 23.0. The minimum Gasteiger partial charge on any atom is -0.413 e. The van der Waals surface area contributed by atoms with Crippen LogP contribution in [0.15, 0.2) is 0 Å². The summed E-state index contributed by atoms with van der Waals surface area (Å²) in [5.41, 5.74) is 0. The van der Waals surface area contributed by atoms with Crippen molar-refractivity contribution >= 4 is 16.6 Å². The van der Waals surface area contributed by atoms with Crippen LogP contribution >= 0.6 is 0 Å². The topological polar surface area (TPSA) is 36.9 Å². The molecular weight excluding hydrogens is 408 g/mol. The second kappa shape index (κ2) is 9.64. The van der Waals surface area contributed by atoms with Crippen LogP contribution in [-0.2, 0) is 18.3 Å². The van der Waals surface area contributed by atoms with Gasteiger partial charge < -0.3 is 18.3 Å². The molecule has 2 aliphatic rings. The summed E-state index contributed by atoms with van der Waals surface area (Å²) in [6, 6.07) is 0. The Kier molecular flexibility index (Phi) is 8.52. The summed E-state index contributed by atoms with van der Waals surface area (Å²) in [6.45, 7) is 26.5. The minimum atomic E-state index is -1.87. The maximum Gasteiger partial charge on any atom is 0.192 e. The van der Waals surface area contributed by atoms with E-state index < -0.39 is 16.6 Å². The molecule has 6 heteroatoms. The molecule has 1 heterocycles. The Morgan fingerprint density at radius 2 is 1.23 bits per heavy atom. The van der Waals surface area contributed by atoms with Crippen molar-refractivity contribution in [2.24, 2.45) is 5.92 Å². The van der Waals surface area contributed by atoms with Crippen molar-refractivity contribution in [1.29, 1.82) is 0 Å². The Bertz CT molecular complexity index is 506. The standard InChI is InChI=1S/C24H50O4Si2/c1-18-20(27-29(8,9)23(2,3)4)16-19(26-22-14-12-13-15-25-22)17-21(18)28-30(10,11)24(5,6)7/h18-22H,12-17H2,1-11H3/t18?,19?,20-,21+,22?. The number of rotatable bonds is 6. The molecule has 0 spiro atoms. The highest BCUT2D eigenvalue weighted by molar-refractivity contribution is 6.74. The minimum absolute atomic E-state index is 0.0563. The highest BCUT2D eigenvalue weighted by atomic mass is 28.4. The molecule has 4 nitrogen and oxygen atoms in total. The maximum absolute atomic E-state index is 6.96. The van der Waals surface area contributed by atoms with Gasteiger partial charge in [-0.3, -0.25) is 0 Å². The van der Waals surface area contributed by atoms with Gasteiger partial charge in [0.1, 0.15) is 0 Å². The molecule has 1 saturated heterocycles. The molecule has 0 bridgehead atoms. The predicted octanol–water partition coefficient (Wildman–Crippen LogP) is 7.11. The SMILES string of the molecule is CC1[C@@H](O[Si](C)(C)C(C)(C)C)CC(OC2CCCCO2)C[C@H]1O[Si](C)(C)C(C)(C)C. The highest BCUT2D eigenvalue weighted by Gasteiger charge is 2.47. The largest absolute Gasteiger partial charge is 0.413 e. The van der Waals surface area contributed by atoms with Gasteiger partial charge in [0.2, 0.25) is 0 Å². The first kappa shape index (κ1) is 26.5. The van der Waals surface area contributed by atoms with Crippen LogP contribution in [0.25, 0.3) is 0 Å². The summed E-state index contributed by atoms with van der Waals surface area (Å²) in [5.74, 6) is 0.375. The Labute approximate surface area is 189 Å². The lowest BCUT2D eigenvalue weighted by atomic mass is 9.83. The van der Waals surface area contributed by atoms with E-state index in [9.17, 15) is 0 Å². The molecule has 0 amide bonds. The van der Waals surface area contributed by atoms with Crippen LogP contribution in [0.1, 0.15) is 80.6 Å². The van der Waals surface area contributed by atoms with E-state index in [4.69, 9.17) is 18.3 Å². The van der Waals surface area contributed by atoms with Crippen molar-refractivity contribution in [2.75, 3.05) is 6.61 Å². The first-order valence-electron chi connectivity index (χ1n) is 12.2. The first-order chi connectivity index (χ1) is 13.5. The number of hydrogen-bond donors (Lipinski definition) is 0. The third-order valence-electron chi connectivity index (χ3n) is 8.15. The Hall–Kier alpha value is 0.274. The van der Waals surface area contributed by atoms with E-state index in [2.05, 4.69) is 74.7 Å². The van der Waals surface area contributed by atoms with E-state index in [1.807, 2.05) is 0 Å². The number of ether oxygens (including phenoxy) is 2. The third-order valence-corrected chi connectivity index (χ3v) is 17.2. The van der Waals surface area contributed by atoms with Crippen LogP contribution < -0.4 is 0 Å². The highest BCUT2D eigenvalue weighted by Crippen LogP contribution is 2.44. The molecule has 1 aliphatic carbocycles. The molecule has 0 aromatic carbocycles. The lowest BCUT2D eigenvalue weighted by Crippen LogP contribution is -2.55. The summed E-state index contributed by atoms with van der Waals surface area (Å²) >= 11 is 0. The van der Waals surface area contributed by atoms with E-state index in [1.54, 1.807) is 0 Å². The van der Waals surface area contributed by atoms with Crippen LogP contribution in [0.4, 0.5) is 0 Å². The second-order valence-electron chi connectivity index (χ2n) is 12.7. The Balaban J connectivity index is 2.20. The molecule has 3 unspecified atom stereocenters. The van der Waals surface area contributed by atoms with Gasteiger partial charge in [0.15, 0.2) is 22.9 Å². The smallest absolute Gasteiger partial charge is 0.192 e. The Morgan fingerprint density at radius 1 is 0.767 bits per heavy atom. The first-order valence-corrected chi connectivity index (χ1v) is 18.0. The van der Waals surface area contributed by atoms with Gasteiger partial charge in [-0.25, -0.2) is 0 Å². The molecule has 0 radical (unpaired) electrons. The van der Waals surface area contributed by atoms with Crippen LogP contribution in [0, 0.1) is 5.92 Å². The molecule has 0 aromatic heterocycles. The monoisotopic (exact) mass is 458 g/mol. The van der Waals surface area contributed by atoms with E-state index in [0.29, 0.717) is 5.92 Å². The van der Waals surface area contributed by atoms with Gasteiger partial charge in [0.05, 0.1) is 18.3 Å². The normalized spacial score (nSPS) is 32.3. The van der Waals surface area contributed by atoms with Crippen molar-refractivity contribution in [1.82, 2.24) is 0 Å². The quantitative estimate of drug-likeness (QED) is 0.397. The summed E-state index contributed by atoms with van der Waals surface area (Å²) < 4.78 is 26.3. The lowest BCUT2D eigenvalue weighted by molar-refractivity contribution is -0.208. The molecule has 178 valence electrons. The van der Waals surface area contributed by atoms with E-state index in [-0.39, 0.29) is 34.7 Å². The zero-order valence-corrected chi connectivity index (χ0v) is 23.8. The van der Waals surface area contributed by atoms with E-state index in [0.717, 1.165) is 32.3 Å². The maximum atomic E-state index is 6.96. The molecule has 0 aromatic rings. The van der Waals surface area contributed by atoms with Gasteiger partial charge in [-0.15, -0.1) is 0 Å². The van der Waals surface area contributed by atoms with Crippen LogP contribution in [0.3, 0.4) is 0 Å². The fourth-order valence-corrected chi connectivity index (χ4v) is 6.69. The molecule has 2 fully saturated rings. The average molecular weight is 459 g/mol. The summed E-state index contributed by atoms with van der Waals surface area (Å²) in [7, 11) is -3.74. The summed E-state index contributed by atoms with van der Waals surface area (Å²) in [6.07, 6.45) is 5.71. The van der Waals surface area contributed by atoms with Gasteiger partial charge in [-0.05, 0) is 68.4 Å².